The second-order valence-electron chi connectivity index (χ2n) is 5.21. The smallest absolute Gasteiger partial charge is 0.272 e. The summed E-state index contributed by atoms with van der Waals surface area (Å²) in [6.07, 6.45) is 3.73. The number of likely N-dealkylation sites (tertiary alicyclic amines) is 1. The number of rotatable bonds is 4. The van der Waals surface area contributed by atoms with Crippen molar-refractivity contribution in [2.45, 2.75) is 19.4 Å². The third-order valence-electron chi connectivity index (χ3n) is 3.66. The van der Waals surface area contributed by atoms with Gasteiger partial charge in [0.15, 0.2) is 0 Å². The van der Waals surface area contributed by atoms with Crippen LogP contribution in [-0.4, -0.2) is 33.9 Å². The number of hydrogen-bond donors (Lipinski definition) is 1. The number of amides is 1. The molecule has 1 aromatic heterocycles. The molecular formula is C16H17ClN4O. The first-order valence-corrected chi connectivity index (χ1v) is 7.71. The van der Waals surface area contributed by atoms with Crippen molar-refractivity contribution in [3.8, 4) is 0 Å². The Morgan fingerprint density at radius 2 is 2.00 bits per heavy atom. The number of nitrogens with zero attached hydrogens (tertiary/aromatic N) is 3. The van der Waals surface area contributed by atoms with E-state index < -0.39 is 0 Å². The van der Waals surface area contributed by atoms with Gasteiger partial charge in [0, 0.05) is 30.9 Å². The monoisotopic (exact) mass is 316 g/mol. The summed E-state index contributed by atoms with van der Waals surface area (Å²) in [6.45, 7) is 2.14. The number of benzene rings is 1. The first-order valence-electron chi connectivity index (χ1n) is 7.33. The minimum Gasteiger partial charge on any atom is -0.350 e. The van der Waals surface area contributed by atoms with Gasteiger partial charge in [-0.25, -0.2) is 9.97 Å². The maximum atomic E-state index is 12.3. The number of hydrogen-bond acceptors (Lipinski definition) is 4. The van der Waals surface area contributed by atoms with Crippen molar-refractivity contribution in [3.63, 3.8) is 0 Å². The summed E-state index contributed by atoms with van der Waals surface area (Å²) in [5.41, 5.74) is 1.39. The first-order chi connectivity index (χ1) is 10.7. The SMILES string of the molecule is O=C(c1ccnc(NCc2ccccc2Cl)n1)N1CCCC1. The van der Waals surface area contributed by atoms with E-state index in [4.69, 9.17) is 11.6 Å². The molecule has 5 nitrogen and oxygen atoms in total. The van der Waals surface area contributed by atoms with Crippen LogP contribution in [0.5, 0.6) is 0 Å². The Balaban J connectivity index is 1.68. The normalized spacial score (nSPS) is 14.1. The van der Waals surface area contributed by atoms with Crippen LogP contribution in [0.25, 0.3) is 0 Å². The van der Waals surface area contributed by atoms with Crippen molar-refractivity contribution in [1.29, 1.82) is 0 Å². The number of halogens is 1. The molecule has 22 heavy (non-hydrogen) atoms. The zero-order valence-electron chi connectivity index (χ0n) is 12.1. The molecule has 2 aromatic rings. The molecule has 0 saturated carbocycles. The van der Waals surface area contributed by atoms with Crippen molar-refractivity contribution < 1.29 is 4.79 Å². The van der Waals surface area contributed by atoms with Gasteiger partial charge < -0.3 is 10.2 Å². The summed E-state index contributed by atoms with van der Waals surface area (Å²) >= 11 is 6.12. The van der Waals surface area contributed by atoms with Gasteiger partial charge in [0.2, 0.25) is 5.95 Å². The van der Waals surface area contributed by atoms with Gasteiger partial charge in [-0.05, 0) is 30.5 Å². The van der Waals surface area contributed by atoms with Crippen molar-refractivity contribution in [2.24, 2.45) is 0 Å². The van der Waals surface area contributed by atoms with E-state index in [1.807, 2.05) is 29.2 Å². The van der Waals surface area contributed by atoms with Crippen molar-refractivity contribution in [1.82, 2.24) is 14.9 Å². The molecule has 2 heterocycles. The second kappa shape index (κ2) is 6.75. The minimum absolute atomic E-state index is 0.0271. The van der Waals surface area contributed by atoms with E-state index in [0.717, 1.165) is 31.5 Å². The van der Waals surface area contributed by atoms with Crippen LogP contribution in [0.3, 0.4) is 0 Å². The highest BCUT2D eigenvalue weighted by Gasteiger charge is 2.20. The number of anilines is 1. The van der Waals surface area contributed by atoms with Crippen LogP contribution >= 0.6 is 11.6 Å². The highest BCUT2D eigenvalue weighted by molar-refractivity contribution is 6.31. The van der Waals surface area contributed by atoms with E-state index in [2.05, 4.69) is 15.3 Å². The highest BCUT2D eigenvalue weighted by atomic mass is 35.5. The number of aromatic nitrogens is 2. The van der Waals surface area contributed by atoms with E-state index in [-0.39, 0.29) is 5.91 Å². The van der Waals surface area contributed by atoms with Crippen LogP contribution in [0.1, 0.15) is 28.9 Å². The quantitative estimate of drug-likeness (QED) is 0.942. The molecule has 0 atom stereocenters. The topological polar surface area (TPSA) is 58.1 Å². The maximum Gasteiger partial charge on any atom is 0.272 e. The van der Waals surface area contributed by atoms with E-state index >= 15 is 0 Å². The fourth-order valence-electron chi connectivity index (χ4n) is 2.46. The molecule has 1 fully saturated rings. The molecule has 6 heteroatoms. The third kappa shape index (κ3) is 3.36. The molecule has 0 spiro atoms. The first kappa shape index (κ1) is 14.8. The zero-order chi connectivity index (χ0) is 15.4. The second-order valence-corrected chi connectivity index (χ2v) is 5.62. The number of carbonyl (C=O) groups excluding carboxylic acids is 1. The van der Waals surface area contributed by atoms with E-state index in [1.54, 1.807) is 12.3 Å². The molecule has 114 valence electrons. The molecule has 3 rings (SSSR count). The van der Waals surface area contributed by atoms with Gasteiger partial charge in [-0.2, -0.15) is 0 Å². The molecule has 0 bridgehead atoms. The van der Waals surface area contributed by atoms with Crippen molar-refractivity contribution >= 4 is 23.5 Å². The van der Waals surface area contributed by atoms with E-state index in [9.17, 15) is 4.79 Å². The summed E-state index contributed by atoms with van der Waals surface area (Å²) in [7, 11) is 0. The fraction of sp³-hybridized carbons (Fsp3) is 0.312. The van der Waals surface area contributed by atoms with Gasteiger partial charge in [0.25, 0.3) is 5.91 Å². The molecule has 0 aliphatic carbocycles. The van der Waals surface area contributed by atoms with E-state index in [1.165, 1.54) is 0 Å². The average Bonchev–Trinajstić information content (AvgIpc) is 3.08. The summed E-state index contributed by atoms with van der Waals surface area (Å²) < 4.78 is 0. The standard InChI is InChI=1S/C16H17ClN4O/c17-13-6-2-1-5-12(13)11-19-16-18-8-7-14(20-16)15(22)21-9-3-4-10-21/h1-2,5-8H,3-4,9-11H2,(H,18,19,20). The molecule has 1 aromatic carbocycles. The lowest BCUT2D eigenvalue weighted by atomic mass is 10.2. The van der Waals surface area contributed by atoms with Crippen LogP contribution < -0.4 is 5.32 Å². The third-order valence-corrected chi connectivity index (χ3v) is 4.03. The lowest BCUT2D eigenvalue weighted by molar-refractivity contribution is 0.0787. The molecule has 1 amide bonds. The number of nitrogens with one attached hydrogen (secondary N) is 1. The van der Waals surface area contributed by atoms with Crippen LogP contribution in [0.4, 0.5) is 5.95 Å². The number of carbonyl (C=O) groups is 1. The molecule has 1 N–H and O–H groups in total. The lowest BCUT2D eigenvalue weighted by Gasteiger charge is -2.14. The van der Waals surface area contributed by atoms with E-state index in [0.29, 0.717) is 23.2 Å². The molecule has 0 unspecified atom stereocenters. The van der Waals surface area contributed by atoms with Gasteiger partial charge in [0.1, 0.15) is 5.69 Å². The average molecular weight is 317 g/mol. The van der Waals surface area contributed by atoms with Gasteiger partial charge in [0.05, 0.1) is 0 Å². The van der Waals surface area contributed by atoms with Gasteiger partial charge in [-0.3, -0.25) is 4.79 Å². The zero-order valence-corrected chi connectivity index (χ0v) is 12.9. The van der Waals surface area contributed by atoms with Crippen LogP contribution in [0.15, 0.2) is 36.5 Å². The Hall–Kier alpha value is -2.14. The van der Waals surface area contributed by atoms with Crippen LogP contribution in [-0.2, 0) is 6.54 Å². The maximum absolute atomic E-state index is 12.3. The Kier molecular flexibility index (Phi) is 4.53. The highest BCUT2D eigenvalue weighted by Crippen LogP contribution is 2.16. The summed E-state index contributed by atoms with van der Waals surface area (Å²) in [5.74, 6) is 0.408. The predicted molar refractivity (Wildman–Crippen MR) is 85.9 cm³/mol. The van der Waals surface area contributed by atoms with Gasteiger partial charge >= 0.3 is 0 Å². The lowest BCUT2D eigenvalue weighted by Crippen LogP contribution is -2.28. The Labute approximate surface area is 134 Å². The molecule has 1 aliphatic heterocycles. The minimum atomic E-state index is -0.0271. The molecular weight excluding hydrogens is 300 g/mol. The van der Waals surface area contributed by atoms with Crippen molar-refractivity contribution in [2.75, 3.05) is 18.4 Å². The predicted octanol–water partition coefficient (Wildman–Crippen LogP) is 2.98. The fourth-order valence-corrected chi connectivity index (χ4v) is 2.66. The largest absolute Gasteiger partial charge is 0.350 e. The van der Waals surface area contributed by atoms with Crippen molar-refractivity contribution in [3.05, 3.63) is 52.8 Å². The molecule has 1 saturated heterocycles. The summed E-state index contributed by atoms with van der Waals surface area (Å²) in [6, 6.07) is 9.25. The Morgan fingerprint density at radius 1 is 1.23 bits per heavy atom. The molecule has 1 aliphatic rings. The van der Waals surface area contributed by atoms with Crippen LogP contribution in [0, 0.1) is 0 Å². The summed E-state index contributed by atoms with van der Waals surface area (Å²) in [5, 5.41) is 3.80. The molecule has 0 radical (unpaired) electrons. The summed E-state index contributed by atoms with van der Waals surface area (Å²) in [4.78, 5) is 22.6. The van der Waals surface area contributed by atoms with Crippen LogP contribution in [0.2, 0.25) is 5.02 Å². The van der Waals surface area contributed by atoms with Gasteiger partial charge in [-0.1, -0.05) is 29.8 Å². The Bertz CT molecular complexity index is 671. The Morgan fingerprint density at radius 3 is 2.77 bits per heavy atom. The van der Waals surface area contributed by atoms with Gasteiger partial charge in [-0.15, -0.1) is 0 Å².